The molecule has 0 amide bonds. The van der Waals surface area contributed by atoms with E-state index in [9.17, 15) is 18.0 Å². The smallest absolute Gasteiger partial charge is 0.338 e. The highest BCUT2D eigenvalue weighted by Gasteiger charge is 2.33. The van der Waals surface area contributed by atoms with E-state index in [1.807, 2.05) is 6.92 Å². The predicted molar refractivity (Wildman–Crippen MR) is 101 cm³/mol. The summed E-state index contributed by atoms with van der Waals surface area (Å²) in [6, 6.07) is 7.69. The first-order chi connectivity index (χ1) is 12.2. The molecule has 0 unspecified atom stereocenters. The van der Waals surface area contributed by atoms with Crippen molar-refractivity contribution in [2.45, 2.75) is 19.4 Å². The van der Waals surface area contributed by atoms with Crippen LogP contribution < -0.4 is 4.31 Å². The minimum Gasteiger partial charge on any atom is -0.454 e. The van der Waals surface area contributed by atoms with E-state index in [1.54, 1.807) is 24.3 Å². The summed E-state index contributed by atoms with van der Waals surface area (Å²) < 4.78 is 30.8. The number of benzene rings is 1. The van der Waals surface area contributed by atoms with Crippen LogP contribution in [-0.2, 0) is 21.2 Å². The van der Waals surface area contributed by atoms with Crippen LogP contribution in [0.1, 0.15) is 32.5 Å². The van der Waals surface area contributed by atoms with Crippen LogP contribution in [0.2, 0.25) is 4.34 Å². The second-order valence-electron chi connectivity index (χ2n) is 6.06. The van der Waals surface area contributed by atoms with Crippen molar-refractivity contribution in [2.75, 3.05) is 17.2 Å². The van der Waals surface area contributed by atoms with Gasteiger partial charge in [-0.15, -0.1) is 11.3 Å². The van der Waals surface area contributed by atoms with E-state index in [1.165, 1.54) is 10.4 Å². The van der Waals surface area contributed by atoms with E-state index in [0.29, 0.717) is 21.3 Å². The van der Waals surface area contributed by atoms with Crippen LogP contribution in [-0.4, -0.2) is 39.1 Å². The van der Waals surface area contributed by atoms with Crippen LogP contribution in [0.25, 0.3) is 0 Å². The van der Waals surface area contributed by atoms with Crippen LogP contribution in [0.15, 0.2) is 30.3 Å². The summed E-state index contributed by atoms with van der Waals surface area (Å²) in [5, 5.41) is 0. The lowest BCUT2D eigenvalue weighted by Crippen LogP contribution is -2.34. The molecule has 9 heteroatoms. The molecule has 1 atom stereocenters. The maximum Gasteiger partial charge on any atom is 0.338 e. The van der Waals surface area contributed by atoms with Crippen molar-refractivity contribution in [1.82, 2.24) is 0 Å². The fourth-order valence-corrected chi connectivity index (χ4v) is 5.22. The van der Waals surface area contributed by atoms with Gasteiger partial charge in [0.2, 0.25) is 15.8 Å². The molecule has 1 aromatic carbocycles. The first-order valence-electron chi connectivity index (χ1n) is 7.75. The van der Waals surface area contributed by atoms with E-state index in [4.69, 9.17) is 16.3 Å². The largest absolute Gasteiger partial charge is 0.454 e. The van der Waals surface area contributed by atoms with E-state index in [2.05, 4.69) is 0 Å². The Bertz CT molecular complexity index is 983. The molecule has 0 fully saturated rings. The number of thiophene rings is 1. The van der Waals surface area contributed by atoms with Crippen molar-refractivity contribution < 1.29 is 22.7 Å². The Morgan fingerprint density at radius 2 is 2.04 bits per heavy atom. The average molecular weight is 414 g/mol. The Labute approximate surface area is 160 Å². The third kappa shape index (κ3) is 3.77. The first kappa shape index (κ1) is 18.9. The molecule has 26 heavy (non-hydrogen) atoms. The zero-order valence-corrected chi connectivity index (χ0v) is 16.5. The summed E-state index contributed by atoms with van der Waals surface area (Å²) in [6.07, 6.45) is 1.67. The van der Waals surface area contributed by atoms with Crippen molar-refractivity contribution in [3.05, 3.63) is 50.7 Å². The van der Waals surface area contributed by atoms with Gasteiger partial charge in [0.25, 0.3) is 0 Å². The Morgan fingerprint density at radius 3 is 2.65 bits per heavy atom. The number of ether oxygens (including phenoxy) is 1. The molecule has 2 aromatic rings. The number of nitrogens with zero attached hydrogens (tertiary/aromatic N) is 1. The molecule has 0 saturated heterocycles. The summed E-state index contributed by atoms with van der Waals surface area (Å²) in [5.74, 6) is -0.956. The number of hydrogen-bond acceptors (Lipinski definition) is 6. The van der Waals surface area contributed by atoms with Crippen molar-refractivity contribution in [1.29, 1.82) is 0 Å². The second-order valence-corrected chi connectivity index (χ2v) is 9.63. The summed E-state index contributed by atoms with van der Waals surface area (Å²) in [5.41, 5.74) is 1.61. The summed E-state index contributed by atoms with van der Waals surface area (Å²) in [6.45, 7) is 1.43. The van der Waals surface area contributed by atoms with Gasteiger partial charge in [-0.25, -0.2) is 13.2 Å². The Balaban J connectivity index is 1.72. The monoisotopic (exact) mass is 413 g/mol. The summed E-state index contributed by atoms with van der Waals surface area (Å²) >= 11 is 6.91. The van der Waals surface area contributed by atoms with Crippen molar-refractivity contribution in [3.63, 3.8) is 0 Å². The number of sulfonamides is 1. The Hall–Kier alpha value is -1.90. The molecule has 138 valence electrons. The van der Waals surface area contributed by atoms with Crippen LogP contribution in [0.4, 0.5) is 5.69 Å². The van der Waals surface area contributed by atoms with Gasteiger partial charge in [-0.05, 0) is 49.2 Å². The van der Waals surface area contributed by atoms with Gasteiger partial charge >= 0.3 is 5.97 Å². The van der Waals surface area contributed by atoms with E-state index in [-0.39, 0.29) is 24.0 Å². The number of rotatable bonds is 5. The molecule has 1 aliphatic heterocycles. The SMILES string of the molecule is C[C@H]1Cc2cc(C(=O)OCC(=O)c3ccc(Cl)s3)ccc2N1S(C)(=O)=O. The number of esters is 1. The highest BCUT2D eigenvalue weighted by molar-refractivity contribution is 7.92. The maximum absolute atomic E-state index is 12.2. The fourth-order valence-electron chi connectivity index (χ4n) is 2.98. The summed E-state index contributed by atoms with van der Waals surface area (Å²) in [4.78, 5) is 24.6. The normalized spacial score (nSPS) is 16.4. The Morgan fingerprint density at radius 1 is 1.31 bits per heavy atom. The van der Waals surface area contributed by atoms with E-state index in [0.717, 1.165) is 23.2 Å². The topological polar surface area (TPSA) is 80.8 Å². The molecule has 6 nitrogen and oxygen atoms in total. The number of ketones is 1. The van der Waals surface area contributed by atoms with Crippen molar-refractivity contribution >= 4 is 50.4 Å². The van der Waals surface area contributed by atoms with Crippen LogP contribution in [0.5, 0.6) is 0 Å². The average Bonchev–Trinajstić information content (AvgIpc) is 3.13. The quantitative estimate of drug-likeness (QED) is 0.555. The van der Waals surface area contributed by atoms with Gasteiger partial charge in [-0.1, -0.05) is 11.6 Å². The molecule has 1 aromatic heterocycles. The van der Waals surface area contributed by atoms with Crippen molar-refractivity contribution in [3.8, 4) is 0 Å². The lowest BCUT2D eigenvalue weighted by atomic mass is 10.1. The van der Waals surface area contributed by atoms with Gasteiger partial charge in [-0.2, -0.15) is 0 Å². The zero-order valence-electron chi connectivity index (χ0n) is 14.1. The number of Topliss-reactive ketones (excluding diaryl/α,β-unsaturated/α-hetero) is 1. The highest BCUT2D eigenvalue weighted by atomic mass is 35.5. The number of halogens is 1. The van der Waals surface area contributed by atoms with Gasteiger partial charge in [-0.3, -0.25) is 9.10 Å². The van der Waals surface area contributed by atoms with Gasteiger partial charge in [0.15, 0.2) is 6.61 Å². The van der Waals surface area contributed by atoms with Crippen molar-refractivity contribution in [2.24, 2.45) is 0 Å². The first-order valence-corrected chi connectivity index (χ1v) is 10.8. The van der Waals surface area contributed by atoms with E-state index >= 15 is 0 Å². The molecule has 0 bridgehead atoms. The zero-order chi connectivity index (χ0) is 19.1. The third-order valence-electron chi connectivity index (χ3n) is 4.01. The number of anilines is 1. The van der Waals surface area contributed by atoms with Gasteiger partial charge in [0, 0.05) is 6.04 Å². The molecular formula is C17H16ClNO5S2. The molecule has 0 N–H and O–H groups in total. The van der Waals surface area contributed by atoms with Crippen LogP contribution in [0, 0.1) is 0 Å². The third-order valence-corrected chi connectivity index (χ3v) is 6.55. The number of fused-ring (bicyclic) bond motifs is 1. The Kier molecular flexibility index (Phi) is 5.09. The lowest BCUT2D eigenvalue weighted by molar-refractivity contribution is 0.0476. The fraction of sp³-hybridized carbons (Fsp3) is 0.294. The highest BCUT2D eigenvalue weighted by Crippen LogP contribution is 2.34. The maximum atomic E-state index is 12.2. The molecular weight excluding hydrogens is 398 g/mol. The van der Waals surface area contributed by atoms with Gasteiger partial charge in [0.05, 0.1) is 26.7 Å². The van der Waals surface area contributed by atoms with E-state index < -0.39 is 16.0 Å². The molecule has 3 rings (SSSR count). The number of hydrogen-bond donors (Lipinski definition) is 0. The lowest BCUT2D eigenvalue weighted by Gasteiger charge is -2.21. The minimum absolute atomic E-state index is 0.212. The predicted octanol–water partition coefficient (Wildman–Crippen LogP) is 3.15. The molecule has 0 aliphatic carbocycles. The minimum atomic E-state index is -3.39. The molecule has 0 spiro atoms. The van der Waals surface area contributed by atoms with Crippen LogP contribution in [0.3, 0.4) is 0 Å². The number of carbonyl (C=O) groups is 2. The van der Waals surface area contributed by atoms with Crippen LogP contribution >= 0.6 is 22.9 Å². The molecule has 0 saturated carbocycles. The molecule has 0 radical (unpaired) electrons. The summed E-state index contributed by atoms with van der Waals surface area (Å²) in [7, 11) is -3.39. The molecule has 2 heterocycles. The second kappa shape index (κ2) is 7.02. The number of carbonyl (C=O) groups excluding carboxylic acids is 2. The van der Waals surface area contributed by atoms with Gasteiger partial charge in [0.1, 0.15) is 0 Å². The molecule has 1 aliphatic rings. The van der Waals surface area contributed by atoms with Gasteiger partial charge < -0.3 is 4.74 Å². The standard InChI is InChI=1S/C17H16ClNO5S2/c1-10-7-12-8-11(3-4-13(12)19(10)26(2,22)23)17(21)24-9-14(20)15-5-6-16(18)25-15/h3-6,8,10H,7,9H2,1-2H3/t10-/m0/s1.